The molecule has 36 heavy (non-hydrogen) atoms. The van der Waals surface area contributed by atoms with Gasteiger partial charge in [-0.25, -0.2) is 0 Å². The molecule has 4 aromatic rings. The van der Waals surface area contributed by atoms with Gasteiger partial charge in [0, 0.05) is 22.7 Å². The van der Waals surface area contributed by atoms with Crippen LogP contribution < -0.4 is 21.3 Å². The smallest absolute Gasteiger partial charge is 0.226 e. The van der Waals surface area contributed by atoms with Crippen molar-refractivity contribution in [3.8, 4) is 0 Å². The number of benzene rings is 4. The molecule has 4 N–H and O–H groups in total. The van der Waals surface area contributed by atoms with Gasteiger partial charge in [0.2, 0.25) is 11.8 Å². The number of carbonyl (C=O) groups is 2. The van der Waals surface area contributed by atoms with E-state index in [0.717, 1.165) is 22.5 Å². The van der Waals surface area contributed by atoms with Crippen molar-refractivity contribution in [3.05, 3.63) is 120 Å². The largest absolute Gasteiger partial charge is 0.378 e. The Bertz CT molecular complexity index is 1240. The van der Waals surface area contributed by atoms with Crippen molar-refractivity contribution >= 4 is 34.6 Å². The van der Waals surface area contributed by atoms with E-state index in [9.17, 15) is 9.59 Å². The van der Waals surface area contributed by atoms with Gasteiger partial charge >= 0.3 is 0 Å². The van der Waals surface area contributed by atoms with E-state index in [1.54, 1.807) is 0 Å². The number of amides is 2. The van der Waals surface area contributed by atoms with E-state index in [0.29, 0.717) is 11.4 Å². The Hall–Kier alpha value is -4.58. The van der Waals surface area contributed by atoms with Crippen LogP contribution in [0.5, 0.6) is 0 Å². The zero-order chi connectivity index (χ0) is 24.7. The number of carbonyl (C=O) groups excluding carboxylic acids is 2. The maximum atomic E-state index is 13.1. The molecule has 0 aliphatic carbocycles. The third-order valence-corrected chi connectivity index (χ3v) is 6.16. The molecule has 1 aliphatic heterocycles. The molecule has 180 valence electrons. The molecule has 0 spiro atoms. The zero-order valence-corrected chi connectivity index (χ0v) is 19.8. The van der Waals surface area contributed by atoms with Crippen LogP contribution in [0.4, 0.5) is 22.7 Å². The standard InChI is InChI=1S/C30H28N4O2/c35-29-19-27(21-9-3-1-4-10-21)31-23-13-7-15-25(17-23)34-30(36)20-28(22-11-5-2-6-12-22)32-24-14-8-16-26(18-24)33-29/h1-18,27-28,31-32H,19-20H2,(H,33,35)(H,34,36). The number of fused-ring (bicyclic) bond motifs is 4. The Morgan fingerprint density at radius 1 is 0.472 bits per heavy atom. The Labute approximate surface area is 210 Å². The second kappa shape index (κ2) is 10.8. The number of nitrogens with one attached hydrogen (secondary N) is 4. The van der Waals surface area contributed by atoms with E-state index in [4.69, 9.17) is 0 Å². The first kappa shape index (κ1) is 23.2. The minimum atomic E-state index is -0.242. The lowest BCUT2D eigenvalue weighted by Gasteiger charge is -2.23. The summed E-state index contributed by atoms with van der Waals surface area (Å²) in [6, 6.07) is 34.5. The summed E-state index contributed by atoms with van der Waals surface area (Å²) in [6.45, 7) is 0. The van der Waals surface area contributed by atoms with Crippen molar-refractivity contribution in [2.24, 2.45) is 0 Å². The average molecular weight is 477 g/mol. The van der Waals surface area contributed by atoms with Gasteiger partial charge in [-0.15, -0.1) is 0 Å². The molecule has 4 bridgehead atoms. The van der Waals surface area contributed by atoms with Crippen LogP contribution in [-0.4, -0.2) is 11.8 Å². The Morgan fingerprint density at radius 3 is 1.28 bits per heavy atom. The Morgan fingerprint density at radius 2 is 0.861 bits per heavy atom. The van der Waals surface area contributed by atoms with E-state index >= 15 is 0 Å². The molecule has 0 saturated carbocycles. The van der Waals surface area contributed by atoms with Gasteiger partial charge in [0.05, 0.1) is 24.9 Å². The van der Waals surface area contributed by atoms with Gasteiger partial charge in [-0.3, -0.25) is 9.59 Å². The molecular weight excluding hydrogens is 448 g/mol. The minimum Gasteiger partial charge on any atom is -0.378 e. The second-order valence-corrected chi connectivity index (χ2v) is 8.88. The molecule has 5 rings (SSSR count). The first-order chi connectivity index (χ1) is 17.6. The first-order valence-corrected chi connectivity index (χ1v) is 12.1. The molecular formula is C30H28N4O2. The number of hydrogen-bond acceptors (Lipinski definition) is 4. The Kier molecular flexibility index (Phi) is 6.94. The molecule has 4 aromatic carbocycles. The van der Waals surface area contributed by atoms with Crippen LogP contribution in [-0.2, 0) is 9.59 Å². The monoisotopic (exact) mass is 476 g/mol. The highest BCUT2D eigenvalue weighted by atomic mass is 16.2. The summed E-state index contributed by atoms with van der Waals surface area (Å²) < 4.78 is 0. The summed E-state index contributed by atoms with van der Waals surface area (Å²) in [5, 5.41) is 13.0. The van der Waals surface area contributed by atoms with Crippen LogP contribution in [0.2, 0.25) is 0 Å². The molecule has 1 aliphatic rings. The predicted molar refractivity (Wildman–Crippen MR) is 145 cm³/mol. The highest BCUT2D eigenvalue weighted by Crippen LogP contribution is 2.28. The fraction of sp³-hybridized carbons (Fsp3) is 0.133. The topological polar surface area (TPSA) is 82.3 Å². The van der Waals surface area contributed by atoms with Crippen LogP contribution in [0.15, 0.2) is 109 Å². The molecule has 0 fully saturated rings. The molecule has 6 heteroatoms. The van der Waals surface area contributed by atoms with Gasteiger partial charge in [0.1, 0.15) is 0 Å². The lowest BCUT2D eigenvalue weighted by atomic mass is 10.0. The van der Waals surface area contributed by atoms with E-state index in [1.807, 2.05) is 109 Å². The van der Waals surface area contributed by atoms with Crippen LogP contribution in [0.25, 0.3) is 0 Å². The summed E-state index contributed by atoms with van der Waals surface area (Å²) in [4.78, 5) is 26.2. The van der Waals surface area contributed by atoms with E-state index < -0.39 is 0 Å². The summed E-state index contributed by atoms with van der Waals surface area (Å²) in [5.74, 6) is -0.186. The first-order valence-electron chi connectivity index (χ1n) is 12.1. The van der Waals surface area contributed by atoms with Crippen LogP contribution >= 0.6 is 0 Å². The molecule has 0 aromatic heterocycles. The zero-order valence-electron chi connectivity index (χ0n) is 19.8. The molecule has 6 nitrogen and oxygen atoms in total. The summed E-state index contributed by atoms with van der Waals surface area (Å²) in [5.41, 5.74) is 5.04. The highest BCUT2D eigenvalue weighted by Gasteiger charge is 2.19. The lowest BCUT2D eigenvalue weighted by Crippen LogP contribution is -2.22. The van der Waals surface area contributed by atoms with Crippen molar-refractivity contribution in [2.45, 2.75) is 24.9 Å². The van der Waals surface area contributed by atoms with Gasteiger partial charge in [-0.05, 0) is 47.5 Å². The molecule has 2 amide bonds. The van der Waals surface area contributed by atoms with E-state index in [2.05, 4.69) is 21.3 Å². The number of rotatable bonds is 2. The highest BCUT2D eigenvalue weighted by molar-refractivity contribution is 5.93. The Balaban J connectivity index is 1.50. The lowest BCUT2D eigenvalue weighted by molar-refractivity contribution is -0.117. The van der Waals surface area contributed by atoms with Crippen molar-refractivity contribution < 1.29 is 9.59 Å². The minimum absolute atomic E-state index is 0.0929. The third-order valence-electron chi connectivity index (χ3n) is 6.16. The maximum absolute atomic E-state index is 13.1. The second-order valence-electron chi connectivity index (χ2n) is 8.88. The SMILES string of the molecule is O=C1CC(c2ccccc2)Nc2cccc(c2)NC(=O)CC(c2ccccc2)Nc2cccc(c2)N1. The fourth-order valence-corrected chi connectivity index (χ4v) is 4.45. The van der Waals surface area contributed by atoms with Gasteiger partial charge < -0.3 is 21.3 Å². The summed E-state index contributed by atoms with van der Waals surface area (Å²) in [6.07, 6.45) is 0.482. The normalized spacial score (nSPS) is 18.2. The molecule has 0 saturated heterocycles. The van der Waals surface area contributed by atoms with Gasteiger partial charge in [-0.1, -0.05) is 72.8 Å². The molecule has 2 unspecified atom stereocenters. The molecule has 0 radical (unpaired) electrons. The molecule has 1 heterocycles. The average Bonchev–Trinajstić information content (AvgIpc) is 2.89. The van der Waals surface area contributed by atoms with Crippen molar-refractivity contribution in [3.63, 3.8) is 0 Å². The third kappa shape index (κ3) is 5.91. The number of hydrogen-bond donors (Lipinski definition) is 4. The van der Waals surface area contributed by atoms with E-state index in [-0.39, 0.29) is 36.7 Å². The predicted octanol–water partition coefficient (Wildman–Crippen LogP) is 6.36. The maximum Gasteiger partial charge on any atom is 0.226 e. The molecule has 2 atom stereocenters. The summed E-state index contributed by atoms with van der Waals surface area (Å²) >= 11 is 0. The summed E-state index contributed by atoms with van der Waals surface area (Å²) in [7, 11) is 0. The quantitative estimate of drug-likeness (QED) is 0.271. The van der Waals surface area contributed by atoms with Crippen molar-refractivity contribution in [1.82, 2.24) is 0 Å². The number of anilines is 4. The van der Waals surface area contributed by atoms with Crippen LogP contribution in [0.3, 0.4) is 0 Å². The van der Waals surface area contributed by atoms with Gasteiger partial charge in [-0.2, -0.15) is 0 Å². The van der Waals surface area contributed by atoms with Gasteiger partial charge in [0.25, 0.3) is 0 Å². The van der Waals surface area contributed by atoms with E-state index in [1.165, 1.54) is 0 Å². The fourth-order valence-electron chi connectivity index (χ4n) is 4.45. The van der Waals surface area contributed by atoms with Crippen LogP contribution in [0, 0.1) is 0 Å². The van der Waals surface area contributed by atoms with Crippen molar-refractivity contribution in [2.75, 3.05) is 21.3 Å². The van der Waals surface area contributed by atoms with Gasteiger partial charge in [0.15, 0.2) is 0 Å². The van der Waals surface area contributed by atoms with Crippen molar-refractivity contribution in [1.29, 1.82) is 0 Å². The van der Waals surface area contributed by atoms with Crippen LogP contribution in [0.1, 0.15) is 36.1 Å².